The third kappa shape index (κ3) is 5.08. The van der Waals surface area contributed by atoms with E-state index in [1.807, 2.05) is 6.92 Å². The van der Waals surface area contributed by atoms with Crippen LogP contribution in [0, 0.1) is 0 Å². The lowest BCUT2D eigenvalue weighted by atomic mass is 10.2. The number of para-hydroxylation sites is 1. The molecule has 4 aromatic rings. The van der Waals surface area contributed by atoms with Gasteiger partial charge in [0.25, 0.3) is 10.2 Å². The molecule has 1 atom stereocenters. The van der Waals surface area contributed by atoms with Crippen LogP contribution in [0.3, 0.4) is 0 Å². The third-order valence-corrected chi connectivity index (χ3v) is 7.44. The van der Waals surface area contributed by atoms with Gasteiger partial charge in [0.15, 0.2) is 22.3 Å². The Kier molecular flexibility index (Phi) is 7.55. The quantitative estimate of drug-likeness (QED) is 0.331. The topological polar surface area (TPSA) is 157 Å². The predicted molar refractivity (Wildman–Crippen MR) is 143 cm³/mol. The molecule has 1 fully saturated rings. The van der Waals surface area contributed by atoms with Crippen LogP contribution in [0.5, 0.6) is 17.4 Å². The number of hydrogen-bond acceptors (Lipinski definition) is 10. The maximum absolute atomic E-state index is 12.4. The molecule has 3 aromatic heterocycles. The molecule has 206 valence electrons. The summed E-state index contributed by atoms with van der Waals surface area (Å²) in [4.78, 5) is 18.6. The van der Waals surface area contributed by atoms with E-state index < -0.39 is 16.3 Å². The van der Waals surface area contributed by atoms with Gasteiger partial charge in [0.2, 0.25) is 5.88 Å². The van der Waals surface area contributed by atoms with Crippen LogP contribution in [0.25, 0.3) is 28.5 Å². The molecule has 0 spiro atoms. The number of hydrogen-bond donors (Lipinski definition) is 1. The number of rotatable bonds is 8. The molecule has 2 N–H and O–H groups in total. The highest BCUT2D eigenvalue weighted by Gasteiger charge is 2.36. The second kappa shape index (κ2) is 10.9. The fourth-order valence-electron chi connectivity index (χ4n) is 4.41. The number of nitrogens with zero attached hydrogens (tertiary/aromatic N) is 6. The molecular formula is C24H26ClN7O6S. The maximum atomic E-state index is 12.4. The first-order valence-electron chi connectivity index (χ1n) is 11.9. The predicted octanol–water partition coefficient (Wildman–Crippen LogP) is 2.52. The first kappa shape index (κ1) is 27.0. The van der Waals surface area contributed by atoms with Crippen molar-refractivity contribution in [2.75, 3.05) is 40.6 Å². The van der Waals surface area contributed by atoms with Crippen LogP contribution in [0.15, 0.2) is 36.4 Å². The molecule has 1 saturated heterocycles. The minimum Gasteiger partial charge on any atom is -0.494 e. The van der Waals surface area contributed by atoms with Gasteiger partial charge < -0.3 is 18.9 Å². The smallest absolute Gasteiger partial charge is 0.277 e. The SMILES string of the molecule is CCOc1cccc(-c2nc3nc(Cl)c(C4COCCN4S(N)(=O)=O)nc3n2-c2c(OC)cccc2OC)n1. The Morgan fingerprint density at radius 3 is 2.46 bits per heavy atom. The number of pyridine rings is 1. The Morgan fingerprint density at radius 2 is 1.79 bits per heavy atom. The molecule has 0 aliphatic carbocycles. The number of benzene rings is 1. The zero-order valence-corrected chi connectivity index (χ0v) is 22.9. The second-order valence-corrected chi connectivity index (χ2v) is 10.2. The number of methoxy groups -OCH3 is 2. The Balaban J connectivity index is 1.83. The lowest BCUT2D eigenvalue weighted by Gasteiger charge is -2.32. The van der Waals surface area contributed by atoms with Gasteiger partial charge in [0.05, 0.1) is 40.1 Å². The number of morpholine rings is 1. The van der Waals surface area contributed by atoms with E-state index in [0.717, 1.165) is 4.31 Å². The van der Waals surface area contributed by atoms with Crippen LogP contribution in [0.4, 0.5) is 0 Å². The lowest BCUT2D eigenvalue weighted by Crippen LogP contribution is -2.46. The van der Waals surface area contributed by atoms with Crippen LogP contribution in [-0.2, 0) is 14.9 Å². The number of fused-ring (bicyclic) bond motifs is 1. The van der Waals surface area contributed by atoms with Crippen molar-refractivity contribution in [1.29, 1.82) is 0 Å². The highest BCUT2D eigenvalue weighted by Crippen LogP contribution is 2.39. The molecule has 1 aliphatic heterocycles. The summed E-state index contributed by atoms with van der Waals surface area (Å²) >= 11 is 6.56. The van der Waals surface area contributed by atoms with E-state index in [2.05, 4.69) is 9.97 Å². The summed E-state index contributed by atoms with van der Waals surface area (Å²) in [5.41, 5.74) is 1.55. The van der Waals surface area contributed by atoms with E-state index in [1.165, 1.54) is 14.2 Å². The number of nitrogens with two attached hydrogens (primary N) is 1. The molecule has 0 saturated carbocycles. The highest BCUT2D eigenvalue weighted by molar-refractivity contribution is 7.86. The first-order chi connectivity index (χ1) is 18.8. The molecule has 39 heavy (non-hydrogen) atoms. The number of aromatic nitrogens is 5. The minimum atomic E-state index is -4.08. The summed E-state index contributed by atoms with van der Waals surface area (Å²) in [5.74, 6) is 1.68. The van der Waals surface area contributed by atoms with E-state index in [4.69, 9.17) is 45.7 Å². The first-order valence-corrected chi connectivity index (χ1v) is 13.8. The molecule has 0 radical (unpaired) electrons. The zero-order valence-electron chi connectivity index (χ0n) is 21.4. The standard InChI is InChI=1S/C24H26ClN7O6S/c1-4-38-18-10-5-7-14(27-18)23-30-22-24(32(23)20-16(35-2)8-6-9-17(20)36-3)28-19(21(25)29-22)15-13-37-12-11-31(15)39(26,33)34/h5-10,15H,4,11-13H2,1-3H3,(H2,26,33,34). The van der Waals surface area contributed by atoms with Gasteiger partial charge in [-0.2, -0.15) is 12.7 Å². The van der Waals surface area contributed by atoms with Crippen molar-refractivity contribution in [3.05, 3.63) is 47.2 Å². The monoisotopic (exact) mass is 575 g/mol. The van der Waals surface area contributed by atoms with E-state index in [9.17, 15) is 8.42 Å². The van der Waals surface area contributed by atoms with Crippen LogP contribution >= 0.6 is 11.6 Å². The van der Waals surface area contributed by atoms with E-state index >= 15 is 0 Å². The Hall–Kier alpha value is -3.56. The van der Waals surface area contributed by atoms with Crippen molar-refractivity contribution in [3.63, 3.8) is 0 Å². The molecule has 1 aromatic carbocycles. The van der Waals surface area contributed by atoms with Gasteiger partial charge in [0.1, 0.15) is 28.6 Å². The molecule has 4 heterocycles. The normalized spacial score (nSPS) is 16.4. The zero-order chi connectivity index (χ0) is 27.7. The molecule has 13 nitrogen and oxygen atoms in total. The molecule has 1 aliphatic rings. The highest BCUT2D eigenvalue weighted by atomic mass is 35.5. The molecule has 1 unspecified atom stereocenters. The fourth-order valence-corrected chi connectivity index (χ4v) is 5.50. The van der Waals surface area contributed by atoms with Gasteiger partial charge in [-0.15, -0.1) is 0 Å². The minimum absolute atomic E-state index is 0.00668. The maximum Gasteiger partial charge on any atom is 0.277 e. The van der Waals surface area contributed by atoms with E-state index in [-0.39, 0.29) is 41.9 Å². The molecule has 0 bridgehead atoms. The van der Waals surface area contributed by atoms with Crippen LogP contribution < -0.4 is 19.3 Å². The third-order valence-electron chi connectivity index (χ3n) is 6.07. The summed E-state index contributed by atoms with van der Waals surface area (Å²) < 4.78 is 50.0. The van der Waals surface area contributed by atoms with Gasteiger partial charge in [-0.25, -0.2) is 25.1 Å². The van der Waals surface area contributed by atoms with E-state index in [1.54, 1.807) is 41.0 Å². The van der Waals surface area contributed by atoms with E-state index in [0.29, 0.717) is 41.2 Å². The summed E-state index contributed by atoms with van der Waals surface area (Å²) in [5, 5.41) is 5.46. The van der Waals surface area contributed by atoms with Gasteiger partial charge in [-0.3, -0.25) is 4.57 Å². The lowest BCUT2D eigenvalue weighted by molar-refractivity contribution is 0.0306. The van der Waals surface area contributed by atoms with Gasteiger partial charge in [-0.05, 0) is 25.1 Å². The number of halogens is 1. The second-order valence-electron chi connectivity index (χ2n) is 8.37. The van der Waals surface area contributed by atoms with Crippen molar-refractivity contribution >= 4 is 33.1 Å². The summed E-state index contributed by atoms with van der Waals surface area (Å²) in [7, 11) is -1.02. The molecular weight excluding hydrogens is 550 g/mol. The molecule has 15 heteroatoms. The molecule has 5 rings (SSSR count). The van der Waals surface area contributed by atoms with Gasteiger partial charge >= 0.3 is 0 Å². The van der Waals surface area contributed by atoms with Crippen LogP contribution in [0.1, 0.15) is 18.7 Å². The molecule has 0 amide bonds. The Bertz CT molecular complexity index is 1610. The van der Waals surface area contributed by atoms with Gasteiger partial charge in [0, 0.05) is 12.6 Å². The van der Waals surface area contributed by atoms with Crippen molar-refractivity contribution < 1.29 is 27.4 Å². The number of ether oxygens (including phenoxy) is 4. The van der Waals surface area contributed by atoms with Crippen molar-refractivity contribution in [2.24, 2.45) is 5.14 Å². The summed E-state index contributed by atoms with van der Waals surface area (Å²) in [6, 6.07) is 9.70. The average molecular weight is 576 g/mol. The van der Waals surface area contributed by atoms with Crippen molar-refractivity contribution in [1.82, 2.24) is 28.8 Å². The summed E-state index contributed by atoms with van der Waals surface area (Å²) in [6.07, 6.45) is 0. The fraction of sp³-hybridized carbons (Fsp3) is 0.333. The Labute approximate surface area is 229 Å². The van der Waals surface area contributed by atoms with Crippen LogP contribution in [-0.4, -0.2) is 77.8 Å². The Morgan fingerprint density at radius 1 is 1.08 bits per heavy atom. The van der Waals surface area contributed by atoms with Crippen molar-refractivity contribution in [3.8, 4) is 34.6 Å². The summed E-state index contributed by atoms with van der Waals surface area (Å²) in [6.45, 7) is 2.51. The van der Waals surface area contributed by atoms with Crippen LogP contribution in [0.2, 0.25) is 5.15 Å². The largest absolute Gasteiger partial charge is 0.494 e. The van der Waals surface area contributed by atoms with Gasteiger partial charge in [-0.1, -0.05) is 23.7 Å². The average Bonchev–Trinajstić information content (AvgIpc) is 3.29. The van der Waals surface area contributed by atoms with Crippen molar-refractivity contribution in [2.45, 2.75) is 13.0 Å². The number of imidazole rings is 1.